The lowest BCUT2D eigenvalue weighted by Gasteiger charge is -2.33. The number of carbonyl (C=O) groups excluding carboxylic acids is 2. The summed E-state index contributed by atoms with van der Waals surface area (Å²) >= 11 is 1.71. The molecule has 3 rings (SSSR count). The van der Waals surface area contributed by atoms with E-state index in [0.717, 1.165) is 43.1 Å². The zero-order valence-electron chi connectivity index (χ0n) is 12.3. The smallest absolute Gasteiger partial charge is 0.245 e. The molecule has 2 atom stereocenters. The fraction of sp³-hybridized carbons (Fsp3) is 0.667. The predicted molar refractivity (Wildman–Crippen MR) is 81.2 cm³/mol. The van der Waals surface area contributed by atoms with E-state index in [2.05, 4.69) is 22.6 Å². The van der Waals surface area contributed by atoms with Crippen LogP contribution in [0.25, 0.3) is 0 Å². The number of aromatic nitrogens is 1. The molecule has 2 aliphatic rings. The highest BCUT2D eigenvalue weighted by molar-refractivity contribution is 7.09. The van der Waals surface area contributed by atoms with E-state index in [1.165, 1.54) is 0 Å². The average molecular weight is 307 g/mol. The van der Waals surface area contributed by atoms with Gasteiger partial charge >= 0.3 is 0 Å². The minimum Gasteiger partial charge on any atom is -0.344 e. The van der Waals surface area contributed by atoms with Gasteiger partial charge in [-0.25, -0.2) is 4.98 Å². The third-order valence-corrected chi connectivity index (χ3v) is 5.36. The zero-order valence-corrected chi connectivity index (χ0v) is 13.1. The van der Waals surface area contributed by atoms with Gasteiger partial charge in [0.05, 0.1) is 10.7 Å². The minimum atomic E-state index is -0.307. The van der Waals surface area contributed by atoms with Crippen molar-refractivity contribution in [1.29, 1.82) is 0 Å². The lowest BCUT2D eigenvalue weighted by Crippen LogP contribution is -2.48. The highest BCUT2D eigenvalue weighted by Crippen LogP contribution is 2.30. The molecular formula is C15H21N3O2S. The molecule has 2 fully saturated rings. The Kier molecular flexibility index (Phi) is 4.24. The van der Waals surface area contributed by atoms with Gasteiger partial charge in [-0.3, -0.25) is 9.59 Å². The quantitative estimate of drug-likeness (QED) is 0.924. The molecule has 0 bridgehead atoms. The molecule has 0 aromatic carbocycles. The Morgan fingerprint density at radius 1 is 1.52 bits per heavy atom. The molecule has 2 amide bonds. The number of nitrogens with one attached hydrogen (secondary N) is 1. The molecule has 2 aliphatic heterocycles. The number of hydrogen-bond acceptors (Lipinski definition) is 4. The molecular weight excluding hydrogens is 286 g/mol. The van der Waals surface area contributed by atoms with E-state index in [1.807, 2.05) is 4.90 Å². The number of carbonyl (C=O) groups is 2. The van der Waals surface area contributed by atoms with Crippen LogP contribution in [0.1, 0.15) is 49.2 Å². The van der Waals surface area contributed by atoms with Crippen LogP contribution in [0.5, 0.6) is 0 Å². The Hall–Kier alpha value is -1.43. The van der Waals surface area contributed by atoms with Crippen molar-refractivity contribution in [2.75, 3.05) is 13.1 Å². The van der Waals surface area contributed by atoms with Crippen molar-refractivity contribution >= 4 is 23.2 Å². The molecule has 2 saturated heterocycles. The van der Waals surface area contributed by atoms with Crippen LogP contribution in [0.15, 0.2) is 5.38 Å². The summed E-state index contributed by atoms with van der Waals surface area (Å²) in [5.74, 6) is 0.428. The van der Waals surface area contributed by atoms with E-state index in [0.29, 0.717) is 18.8 Å². The highest BCUT2D eigenvalue weighted by Gasteiger charge is 2.34. The van der Waals surface area contributed by atoms with Gasteiger partial charge in [-0.2, -0.15) is 0 Å². The number of likely N-dealkylation sites (tertiary alicyclic amines) is 1. The maximum absolute atomic E-state index is 12.5. The molecule has 0 spiro atoms. The number of rotatable bonds is 3. The molecule has 6 heteroatoms. The number of thiazole rings is 1. The summed E-state index contributed by atoms with van der Waals surface area (Å²) in [6.07, 6.45) is 4.17. The summed E-state index contributed by atoms with van der Waals surface area (Å²) in [5.41, 5.74) is 1.14. The van der Waals surface area contributed by atoms with Crippen LogP contribution in [0.2, 0.25) is 0 Å². The van der Waals surface area contributed by atoms with Crippen molar-refractivity contribution < 1.29 is 9.59 Å². The second-order valence-electron chi connectivity index (χ2n) is 5.81. The lowest BCUT2D eigenvalue weighted by molar-refractivity contribution is -0.135. The fourth-order valence-electron chi connectivity index (χ4n) is 3.07. The average Bonchev–Trinajstić information content (AvgIpc) is 3.15. The van der Waals surface area contributed by atoms with Gasteiger partial charge in [-0.15, -0.1) is 11.3 Å². The molecule has 1 unspecified atom stereocenters. The summed E-state index contributed by atoms with van der Waals surface area (Å²) in [6, 6.07) is -0.307. The molecule has 0 radical (unpaired) electrons. The maximum Gasteiger partial charge on any atom is 0.245 e. The van der Waals surface area contributed by atoms with E-state index >= 15 is 0 Å². The van der Waals surface area contributed by atoms with Crippen LogP contribution < -0.4 is 5.32 Å². The van der Waals surface area contributed by atoms with Gasteiger partial charge in [-0.1, -0.05) is 6.92 Å². The third kappa shape index (κ3) is 3.10. The first kappa shape index (κ1) is 14.5. The SMILES string of the molecule is CCc1csc(C2CCCN(C(=O)[C@H]3CCC(=O)N3)C2)n1. The van der Waals surface area contributed by atoms with Gasteiger partial charge in [-0.05, 0) is 25.7 Å². The van der Waals surface area contributed by atoms with Gasteiger partial charge in [0.25, 0.3) is 0 Å². The standard InChI is InChI=1S/C15H21N3O2S/c1-2-11-9-21-14(16-11)10-4-3-7-18(8-10)15(20)12-5-6-13(19)17-12/h9-10,12H,2-8H2,1H3,(H,17,19)/t10?,12-/m1/s1. The first-order chi connectivity index (χ1) is 10.2. The Bertz CT molecular complexity index is 543. The number of piperidine rings is 1. The van der Waals surface area contributed by atoms with Crippen molar-refractivity contribution in [3.05, 3.63) is 16.1 Å². The Morgan fingerprint density at radius 3 is 3.05 bits per heavy atom. The predicted octanol–water partition coefficient (Wildman–Crippen LogP) is 1.69. The highest BCUT2D eigenvalue weighted by atomic mass is 32.1. The van der Waals surface area contributed by atoms with Crippen LogP contribution in [-0.2, 0) is 16.0 Å². The monoisotopic (exact) mass is 307 g/mol. The second-order valence-corrected chi connectivity index (χ2v) is 6.70. The second kappa shape index (κ2) is 6.13. The summed E-state index contributed by atoms with van der Waals surface area (Å²) in [7, 11) is 0. The molecule has 1 aromatic heterocycles. The molecule has 1 N–H and O–H groups in total. The van der Waals surface area contributed by atoms with Crippen LogP contribution in [0, 0.1) is 0 Å². The normalized spacial score (nSPS) is 26.0. The van der Waals surface area contributed by atoms with E-state index in [4.69, 9.17) is 0 Å². The van der Waals surface area contributed by atoms with Crippen LogP contribution >= 0.6 is 11.3 Å². The van der Waals surface area contributed by atoms with E-state index < -0.39 is 0 Å². The van der Waals surface area contributed by atoms with Gasteiger partial charge in [0.15, 0.2) is 0 Å². The van der Waals surface area contributed by atoms with Crippen molar-refractivity contribution in [2.45, 2.75) is 51.0 Å². The Labute approximate surface area is 128 Å². The van der Waals surface area contributed by atoms with Gasteiger partial charge in [0, 0.05) is 30.8 Å². The van der Waals surface area contributed by atoms with Gasteiger partial charge < -0.3 is 10.2 Å². The van der Waals surface area contributed by atoms with E-state index in [9.17, 15) is 9.59 Å². The fourth-order valence-corrected chi connectivity index (χ4v) is 4.10. The number of amides is 2. The van der Waals surface area contributed by atoms with Gasteiger partial charge in [0.2, 0.25) is 11.8 Å². The number of nitrogens with zero attached hydrogens (tertiary/aromatic N) is 2. The maximum atomic E-state index is 12.5. The topological polar surface area (TPSA) is 62.3 Å². The van der Waals surface area contributed by atoms with E-state index in [1.54, 1.807) is 11.3 Å². The first-order valence-electron chi connectivity index (χ1n) is 7.70. The van der Waals surface area contributed by atoms with Crippen molar-refractivity contribution in [1.82, 2.24) is 15.2 Å². The van der Waals surface area contributed by atoms with Crippen molar-refractivity contribution in [3.63, 3.8) is 0 Å². The summed E-state index contributed by atoms with van der Waals surface area (Å²) in [4.78, 5) is 30.3. The summed E-state index contributed by atoms with van der Waals surface area (Å²) in [6.45, 7) is 3.65. The van der Waals surface area contributed by atoms with Crippen LogP contribution in [-0.4, -0.2) is 40.8 Å². The molecule has 114 valence electrons. The lowest BCUT2D eigenvalue weighted by atomic mass is 9.98. The molecule has 0 saturated carbocycles. The molecule has 5 nitrogen and oxygen atoms in total. The summed E-state index contributed by atoms with van der Waals surface area (Å²) < 4.78 is 0. The van der Waals surface area contributed by atoms with Crippen LogP contribution in [0.4, 0.5) is 0 Å². The van der Waals surface area contributed by atoms with Crippen molar-refractivity contribution in [3.8, 4) is 0 Å². The van der Waals surface area contributed by atoms with Gasteiger partial charge in [0.1, 0.15) is 6.04 Å². The number of aryl methyl sites for hydroxylation is 1. The first-order valence-corrected chi connectivity index (χ1v) is 8.57. The Balaban J connectivity index is 1.65. The Morgan fingerprint density at radius 2 is 2.38 bits per heavy atom. The molecule has 1 aromatic rings. The number of hydrogen-bond donors (Lipinski definition) is 1. The largest absolute Gasteiger partial charge is 0.344 e. The third-order valence-electron chi connectivity index (χ3n) is 4.31. The molecule has 0 aliphatic carbocycles. The van der Waals surface area contributed by atoms with Crippen molar-refractivity contribution in [2.24, 2.45) is 0 Å². The van der Waals surface area contributed by atoms with E-state index in [-0.39, 0.29) is 17.9 Å². The molecule has 3 heterocycles. The zero-order chi connectivity index (χ0) is 14.8. The van der Waals surface area contributed by atoms with Crippen LogP contribution in [0.3, 0.4) is 0 Å². The molecule has 21 heavy (non-hydrogen) atoms. The minimum absolute atomic E-state index is 0.00517. The summed E-state index contributed by atoms with van der Waals surface area (Å²) in [5, 5.41) is 6.05.